The van der Waals surface area contributed by atoms with Gasteiger partial charge < -0.3 is 0 Å². The highest BCUT2D eigenvalue weighted by molar-refractivity contribution is 5.82. The summed E-state index contributed by atoms with van der Waals surface area (Å²) in [6.45, 7) is 2.30. The van der Waals surface area contributed by atoms with Crippen molar-refractivity contribution in [2.75, 3.05) is 0 Å². The molecule has 0 heterocycles. The third kappa shape index (κ3) is 13.1. The zero-order valence-electron chi connectivity index (χ0n) is 21.1. The van der Waals surface area contributed by atoms with Gasteiger partial charge in [0, 0.05) is 0 Å². The summed E-state index contributed by atoms with van der Waals surface area (Å²) < 4.78 is 0. The van der Waals surface area contributed by atoms with Gasteiger partial charge >= 0.3 is 0 Å². The Morgan fingerprint density at radius 1 is 0.500 bits per heavy atom. The molecule has 0 nitrogen and oxygen atoms in total. The monoisotopic (exact) mass is 434 g/mol. The van der Waals surface area contributed by atoms with Crippen LogP contribution in [0.3, 0.4) is 0 Å². The lowest BCUT2D eigenvalue weighted by molar-refractivity contribution is 0.530. The predicted octanol–water partition coefficient (Wildman–Crippen LogP) is 11.0. The molecule has 0 N–H and O–H groups in total. The van der Waals surface area contributed by atoms with Crippen LogP contribution in [0.1, 0.15) is 128 Å². The topological polar surface area (TPSA) is 0 Å². The molecular formula is C32H50. The van der Waals surface area contributed by atoms with Crippen molar-refractivity contribution in [1.29, 1.82) is 0 Å². The van der Waals surface area contributed by atoms with Crippen LogP contribution in [0.5, 0.6) is 0 Å². The normalized spacial score (nSPS) is 11.7. The van der Waals surface area contributed by atoms with Crippen molar-refractivity contribution in [2.24, 2.45) is 0 Å². The molecule has 0 aliphatic heterocycles. The Morgan fingerprint density at radius 2 is 1.00 bits per heavy atom. The van der Waals surface area contributed by atoms with Crippen LogP contribution < -0.4 is 0 Å². The van der Waals surface area contributed by atoms with E-state index in [4.69, 9.17) is 0 Å². The second-order valence-electron chi connectivity index (χ2n) is 9.78. The Balaban J connectivity index is 1.32. The molecule has 178 valence electrons. The van der Waals surface area contributed by atoms with Crippen molar-refractivity contribution in [3.05, 3.63) is 60.2 Å². The molecule has 2 rings (SSSR count). The number of hydrogen-bond donors (Lipinski definition) is 0. The first-order valence-electron chi connectivity index (χ1n) is 14.0. The first-order valence-corrected chi connectivity index (χ1v) is 14.0. The van der Waals surface area contributed by atoms with E-state index in [1.54, 1.807) is 0 Å². The van der Waals surface area contributed by atoms with Crippen LogP contribution in [-0.4, -0.2) is 0 Å². The van der Waals surface area contributed by atoms with Crippen molar-refractivity contribution < 1.29 is 0 Å². The van der Waals surface area contributed by atoms with Crippen LogP contribution in [0, 0.1) is 0 Å². The molecule has 0 saturated heterocycles. The van der Waals surface area contributed by atoms with Crippen molar-refractivity contribution in [2.45, 2.75) is 129 Å². The van der Waals surface area contributed by atoms with Crippen LogP contribution in [0.15, 0.2) is 54.6 Å². The maximum atomic E-state index is 2.41. The van der Waals surface area contributed by atoms with Gasteiger partial charge in [0.15, 0.2) is 0 Å². The largest absolute Gasteiger partial charge is 0.0885 e. The summed E-state index contributed by atoms with van der Waals surface area (Å²) in [6, 6.07) is 15.5. The second-order valence-corrected chi connectivity index (χ2v) is 9.78. The number of aryl methyl sites for hydroxylation is 1. The lowest BCUT2D eigenvalue weighted by Crippen LogP contribution is -1.84. The van der Waals surface area contributed by atoms with E-state index in [1.807, 2.05) is 0 Å². The van der Waals surface area contributed by atoms with Gasteiger partial charge in [0.1, 0.15) is 0 Å². The van der Waals surface area contributed by atoms with Crippen LogP contribution in [0.25, 0.3) is 10.8 Å². The standard InChI is InChI=1S/C32H50/c1-2-3-4-5-6-7-8-9-10-11-12-13-14-15-16-17-18-19-20-21-24-30-27-28-31-25-22-23-26-32(31)29-30/h19-20,22-23,25-29H,2-18,21,24H2,1H3/b20-19+. The molecule has 2 aromatic carbocycles. The summed E-state index contributed by atoms with van der Waals surface area (Å²) in [7, 11) is 0. The summed E-state index contributed by atoms with van der Waals surface area (Å²) in [4.78, 5) is 0. The van der Waals surface area contributed by atoms with E-state index in [2.05, 4.69) is 61.5 Å². The third-order valence-corrected chi connectivity index (χ3v) is 6.80. The van der Waals surface area contributed by atoms with E-state index >= 15 is 0 Å². The summed E-state index contributed by atoms with van der Waals surface area (Å²) in [5.74, 6) is 0. The molecule has 0 heteroatoms. The lowest BCUT2D eigenvalue weighted by Gasteiger charge is -2.03. The molecule has 0 saturated carbocycles. The fourth-order valence-corrected chi connectivity index (χ4v) is 4.69. The molecule has 0 fully saturated rings. The minimum Gasteiger partial charge on any atom is -0.0885 e. The van der Waals surface area contributed by atoms with Gasteiger partial charge in [-0.15, -0.1) is 0 Å². The van der Waals surface area contributed by atoms with E-state index in [0.29, 0.717) is 0 Å². The van der Waals surface area contributed by atoms with E-state index in [0.717, 1.165) is 12.8 Å². The van der Waals surface area contributed by atoms with Crippen molar-refractivity contribution >= 4 is 10.8 Å². The van der Waals surface area contributed by atoms with E-state index in [1.165, 1.54) is 125 Å². The number of rotatable bonds is 20. The minimum atomic E-state index is 1.15. The Labute approximate surface area is 199 Å². The van der Waals surface area contributed by atoms with Crippen LogP contribution in [0.4, 0.5) is 0 Å². The fraction of sp³-hybridized carbons (Fsp3) is 0.625. The maximum Gasteiger partial charge on any atom is -0.0181 e. The predicted molar refractivity (Wildman–Crippen MR) is 146 cm³/mol. The fourth-order valence-electron chi connectivity index (χ4n) is 4.69. The molecule has 0 amide bonds. The zero-order valence-corrected chi connectivity index (χ0v) is 21.1. The van der Waals surface area contributed by atoms with Crippen molar-refractivity contribution in [3.63, 3.8) is 0 Å². The van der Waals surface area contributed by atoms with E-state index in [-0.39, 0.29) is 0 Å². The van der Waals surface area contributed by atoms with Crippen molar-refractivity contribution in [1.82, 2.24) is 0 Å². The van der Waals surface area contributed by atoms with Gasteiger partial charge in [0.05, 0.1) is 0 Å². The Kier molecular flexibility index (Phi) is 15.8. The molecule has 0 aliphatic carbocycles. The van der Waals surface area contributed by atoms with Gasteiger partial charge in [-0.1, -0.05) is 158 Å². The second kappa shape index (κ2) is 19.0. The van der Waals surface area contributed by atoms with E-state index in [9.17, 15) is 0 Å². The molecule has 0 unspecified atom stereocenters. The Morgan fingerprint density at radius 3 is 1.59 bits per heavy atom. The molecule has 0 bridgehead atoms. The minimum absolute atomic E-state index is 1.15. The molecular weight excluding hydrogens is 384 g/mol. The van der Waals surface area contributed by atoms with Gasteiger partial charge in [0.2, 0.25) is 0 Å². The molecule has 0 aliphatic rings. The van der Waals surface area contributed by atoms with Gasteiger partial charge in [-0.25, -0.2) is 0 Å². The molecule has 32 heavy (non-hydrogen) atoms. The Hall–Kier alpha value is -1.56. The summed E-state index contributed by atoms with van der Waals surface area (Å²) in [6.07, 6.45) is 31.5. The van der Waals surface area contributed by atoms with E-state index < -0.39 is 0 Å². The summed E-state index contributed by atoms with van der Waals surface area (Å²) >= 11 is 0. The number of hydrogen-bond acceptors (Lipinski definition) is 0. The summed E-state index contributed by atoms with van der Waals surface area (Å²) in [5.41, 5.74) is 1.45. The quantitative estimate of drug-likeness (QED) is 0.143. The highest BCUT2D eigenvalue weighted by Gasteiger charge is 1.96. The average Bonchev–Trinajstić information content (AvgIpc) is 2.82. The van der Waals surface area contributed by atoms with Crippen LogP contribution >= 0.6 is 0 Å². The van der Waals surface area contributed by atoms with Crippen LogP contribution in [0.2, 0.25) is 0 Å². The molecule has 0 aromatic heterocycles. The Bertz CT molecular complexity index is 711. The average molecular weight is 435 g/mol. The van der Waals surface area contributed by atoms with Gasteiger partial charge in [-0.05, 0) is 42.0 Å². The SMILES string of the molecule is CCCCCCCCCCCCCCCCCC/C=C/CCc1ccc2ccccc2c1. The van der Waals surface area contributed by atoms with Crippen LogP contribution in [-0.2, 0) is 6.42 Å². The highest BCUT2D eigenvalue weighted by atomic mass is 14.0. The molecule has 0 spiro atoms. The zero-order chi connectivity index (χ0) is 22.5. The van der Waals surface area contributed by atoms with Gasteiger partial charge in [0.25, 0.3) is 0 Å². The van der Waals surface area contributed by atoms with Crippen molar-refractivity contribution in [3.8, 4) is 0 Å². The highest BCUT2D eigenvalue weighted by Crippen LogP contribution is 2.17. The first-order chi connectivity index (χ1) is 15.9. The maximum absolute atomic E-state index is 2.41. The lowest BCUT2D eigenvalue weighted by atomic mass is 10.0. The number of allylic oxidation sites excluding steroid dienone is 2. The first kappa shape index (κ1) is 26.7. The summed E-state index contributed by atoms with van der Waals surface area (Å²) in [5, 5.41) is 2.71. The smallest absolute Gasteiger partial charge is 0.0181 e. The number of unbranched alkanes of at least 4 members (excludes halogenated alkanes) is 16. The number of benzene rings is 2. The number of fused-ring (bicyclic) bond motifs is 1. The third-order valence-electron chi connectivity index (χ3n) is 6.80. The molecule has 2 aromatic rings. The molecule has 0 radical (unpaired) electrons. The van der Waals surface area contributed by atoms with Gasteiger partial charge in [-0.2, -0.15) is 0 Å². The van der Waals surface area contributed by atoms with Gasteiger partial charge in [-0.3, -0.25) is 0 Å². The molecule has 0 atom stereocenters.